The minimum absolute atomic E-state index is 0.0355. The average molecular weight is 184 g/mol. The number of amides is 2. The van der Waals surface area contributed by atoms with Crippen LogP contribution in [0.15, 0.2) is 18.2 Å². The summed E-state index contributed by atoms with van der Waals surface area (Å²) in [4.78, 5) is 10.4. The number of carbonyl (C=O) groups excluding carboxylic acids is 1. The third-order valence-corrected chi connectivity index (χ3v) is 1.43. The molecule has 0 aliphatic heterocycles. The van der Waals surface area contributed by atoms with Crippen molar-refractivity contribution in [2.75, 3.05) is 12.4 Å². The summed E-state index contributed by atoms with van der Waals surface area (Å²) in [5.41, 5.74) is 4.85. The van der Waals surface area contributed by atoms with Gasteiger partial charge in [-0.25, -0.2) is 9.18 Å². The molecular formula is C8H9FN2O2. The van der Waals surface area contributed by atoms with Crippen molar-refractivity contribution >= 4 is 11.7 Å². The SMILES string of the molecule is COc1ccc(NC(N)=O)c(F)c1. The van der Waals surface area contributed by atoms with Gasteiger partial charge in [-0.2, -0.15) is 0 Å². The molecule has 0 aliphatic rings. The molecule has 1 aromatic carbocycles. The highest BCUT2D eigenvalue weighted by Crippen LogP contribution is 2.19. The van der Waals surface area contributed by atoms with Crippen molar-refractivity contribution in [3.63, 3.8) is 0 Å². The van der Waals surface area contributed by atoms with Crippen molar-refractivity contribution in [2.45, 2.75) is 0 Å². The molecule has 0 spiro atoms. The molecule has 2 amide bonds. The second-order valence-electron chi connectivity index (χ2n) is 2.34. The van der Waals surface area contributed by atoms with Gasteiger partial charge < -0.3 is 15.8 Å². The van der Waals surface area contributed by atoms with Crippen LogP contribution in [0.2, 0.25) is 0 Å². The quantitative estimate of drug-likeness (QED) is 0.728. The highest BCUT2D eigenvalue weighted by molar-refractivity contribution is 5.87. The van der Waals surface area contributed by atoms with Crippen LogP contribution in [0, 0.1) is 5.82 Å². The minimum atomic E-state index is -0.802. The van der Waals surface area contributed by atoms with Gasteiger partial charge in [0.15, 0.2) is 0 Å². The Bertz CT molecular complexity index is 328. The van der Waals surface area contributed by atoms with Gasteiger partial charge in [-0.3, -0.25) is 0 Å². The van der Waals surface area contributed by atoms with Gasteiger partial charge in [0.25, 0.3) is 0 Å². The summed E-state index contributed by atoms with van der Waals surface area (Å²) in [6.07, 6.45) is 0. The van der Waals surface area contributed by atoms with Crippen LogP contribution in [-0.4, -0.2) is 13.1 Å². The van der Waals surface area contributed by atoms with Crippen LogP contribution in [0.1, 0.15) is 0 Å². The van der Waals surface area contributed by atoms with Crippen molar-refractivity contribution < 1.29 is 13.9 Å². The first kappa shape index (κ1) is 9.31. The van der Waals surface area contributed by atoms with E-state index in [1.807, 2.05) is 0 Å². The van der Waals surface area contributed by atoms with E-state index < -0.39 is 11.8 Å². The molecule has 5 heteroatoms. The van der Waals surface area contributed by atoms with E-state index in [9.17, 15) is 9.18 Å². The molecule has 0 radical (unpaired) electrons. The van der Waals surface area contributed by atoms with Crippen LogP contribution in [-0.2, 0) is 0 Å². The van der Waals surface area contributed by atoms with Gasteiger partial charge in [-0.1, -0.05) is 0 Å². The zero-order chi connectivity index (χ0) is 9.84. The zero-order valence-corrected chi connectivity index (χ0v) is 7.00. The maximum atomic E-state index is 13.0. The number of halogens is 1. The largest absolute Gasteiger partial charge is 0.497 e. The van der Waals surface area contributed by atoms with Crippen LogP contribution < -0.4 is 15.8 Å². The Hall–Kier alpha value is -1.78. The summed E-state index contributed by atoms with van der Waals surface area (Å²) in [5, 5.41) is 2.13. The number of hydrogen-bond donors (Lipinski definition) is 2. The molecule has 0 saturated carbocycles. The van der Waals surface area contributed by atoms with Crippen molar-refractivity contribution in [1.82, 2.24) is 0 Å². The first-order valence-corrected chi connectivity index (χ1v) is 3.53. The molecule has 0 aliphatic carbocycles. The third-order valence-electron chi connectivity index (χ3n) is 1.43. The Morgan fingerprint density at radius 1 is 1.62 bits per heavy atom. The van der Waals surface area contributed by atoms with Gasteiger partial charge >= 0.3 is 6.03 Å². The van der Waals surface area contributed by atoms with Gasteiger partial charge in [0.05, 0.1) is 12.8 Å². The van der Waals surface area contributed by atoms with Gasteiger partial charge in [-0.15, -0.1) is 0 Å². The number of ether oxygens (including phenoxy) is 1. The summed E-state index contributed by atoms with van der Waals surface area (Å²) in [6, 6.07) is 3.25. The van der Waals surface area contributed by atoms with Crippen molar-refractivity contribution in [2.24, 2.45) is 5.73 Å². The Kier molecular flexibility index (Phi) is 2.69. The summed E-state index contributed by atoms with van der Waals surface area (Å²) < 4.78 is 17.8. The van der Waals surface area contributed by atoms with E-state index in [0.29, 0.717) is 5.75 Å². The number of carbonyl (C=O) groups is 1. The number of nitrogens with two attached hydrogens (primary N) is 1. The average Bonchev–Trinajstić information content (AvgIpc) is 2.08. The normalized spacial score (nSPS) is 9.38. The van der Waals surface area contributed by atoms with Gasteiger partial charge in [0.1, 0.15) is 11.6 Å². The Morgan fingerprint density at radius 2 is 2.31 bits per heavy atom. The molecule has 0 unspecified atom stereocenters. The monoisotopic (exact) mass is 184 g/mol. The lowest BCUT2D eigenvalue weighted by Crippen LogP contribution is -2.19. The van der Waals surface area contributed by atoms with E-state index >= 15 is 0 Å². The van der Waals surface area contributed by atoms with E-state index in [0.717, 1.165) is 6.07 Å². The molecule has 0 atom stereocenters. The standard InChI is InChI=1S/C8H9FN2O2/c1-13-5-2-3-7(6(9)4-5)11-8(10)12/h2-4H,1H3,(H3,10,11,12). The lowest BCUT2D eigenvalue weighted by atomic mass is 10.3. The summed E-state index contributed by atoms with van der Waals surface area (Å²) >= 11 is 0. The number of primary amides is 1. The molecule has 0 heterocycles. The number of benzene rings is 1. The number of anilines is 1. The maximum Gasteiger partial charge on any atom is 0.316 e. The fourth-order valence-corrected chi connectivity index (χ4v) is 0.857. The maximum absolute atomic E-state index is 13.0. The fraction of sp³-hybridized carbons (Fsp3) is 0.125. The molecule has 70 valence electrons. The molecular weight excluding hydrogens is 175 g/mol. The van der Waals surface area contributed by atoms with Crippen molar-refractivity contribution in [1.29, 1.82) is 0 Å². The van der Waals surface area contributed by atoms with Crippen molar-refractivity contribution in [3.05, 3.63) is 24.0 Å². The number of nitrogens with one attached hydrogen (secondary N) is 1. The number of rotatable bonds is 2. The molecule has 0 fully saturated rings. The van der Waals surface area contributed by atoms with Gasteiger partial charge in [0, 0.05) is 6.07 Å². The predicted molar refractivity (Wildman–Crippen MR) is 46.2 cm³/mol. The molecule has 13 heavy (non-hydrogen) atoms. The summed E-state index contributed by atoms with van der Waals surface area (Å²) in [5.74, 6) is -0.203. The van der Waals surface area contributed by atoms with Crippen LogP contribution in [0.3, 0.4) is 0 Å². The lowest BCUT2D eigenvalue weighted by molar-refractivity contribution is 0.259. The van der Waals surface area contributed by atoms with Gasteiger partial charge in [-0.05, 0) is 12.1 Å². The Labute approximate surface area is 74.5 Å². The molecule has 1 aromatic rings. The van der Waals surface area contributed by atoms with E-state index in [1.165, 1.54) is 19.2 Å². The molecule has 1 rings (SSSR count). The molecule has 3 N–H and O–H groups in total. The van der Waals surface area contributed by atoms with Crippen LogP contribution in [0.25, 0.3) is 0 Å². The summed E-state index contributed by atoms with van der Waals surface area (Å²) in [7, 11) is 1.43. The molecule has 4 nitrogen and oxygen atoms in total. The fourth-order valence-electron chi connectivity index (χ4n) is 0.857. The highest BCUT2D eigenvalue weighted by Gasteiger charge is 2.04. The summed E-state index contributed by atoms with van der Waals surface area (Å²) in [6.45, 7) is 0. The Morgan fingerprint density at radius 3 is 2.77 bits per heavy atom. The van der Waals surface area contributed by atoms with Crippen LogP contribution in [0.4, 0.5) is 14.9 Å². The predicted octanol–water partition coefficient (Wildman–Crippen LogP) is 1.32. The van der Waals surface area contributed by atoms with E-state index in [4.69, 9.17) is 10.5 Å². The second-order valence-corrected chi connectivity index (χ2v) is 2.34. The van der Waals surface area contributed by atoms with E-state index in [-0.39, 0.29) is 5.69 Å². The van der Waals surface area contributed by atoms with Crippen molar-refractivity contribution in [3.8, 4) is 5.75 Å². The van der Waals surface area contributed by atoms with Gasteiger partial charge in [0.2, 0.25) is 0 Å². The third kappa shape index (κ3) is 2.33. The first-order valence-electron chi connectivity index (χ1n) is 3.53. The number of methoxy groups -OCH3 is 1. The first-order chi connectivity index (χ1) is 6.13. The topological polar surface area (TPSA) is 64.3 Å². The number of hydrogen-bond acceptors (Lipinski definition) is 2. The van der Waals surface area contributed by atoms with E-state index in [2.05, 4.69) is 5.32 Å². The second kappa shape index (κ2) is 3.75. The minimum Gasteiger partial charge on any atom is -0.497 e. The molecule has 0 bridgehead atoms. The molecule has 0 saturated heterocycles. The van der Waals surface area contributed by atoms with Crippen LogP contribution >= 0.6 is 0 Å². The Balaban J connectivity index is 2.91. The zero-order valence-electron chi connectivity index (χ0n) is 7.00. The lowest BCUT2D eigenvalue weighted by Gasteiger charge is -2.04. The molecule has 0 aromatic heterocycles. The highest BCUT2D eigenvalue weighted by atomic mass is 19.1. The van der Waals surface area contributed by atoms with E-state index in [1.54, 1.807) is 0 Å². The number of urea groups is 1. The smallest absolute Gasteiger partial charge is 0.316 e. The van der Waals surface area contributed by atoms with Crippen LogP contribution in [0.5, 0.6) is 5.75 Å².